The van der Waals surface area contributed by atoms with Crippen LogP contribution in [-0.4, -0.2) is 36.8 Å². The molecule has 5 heteroatoms. The van der Waals surface area contributed by atoms with Crippen LogP contribution in [0, 0.1) is 5.82 Å². The van der Waals surface area contributed by atoms with Crippen molar-refractivity contribution in [2.24, 2.45) is 0 Å². The van der Waals surface area contributed by atoms with Crippen LogP contribution >= 0.6 is 11.8 Å². The Kier molecular flexibility index (Phi) is 6.70. The van der Waals surface area contributed by atoms with E-state index in [9.17, 15) is 9.18 Å². The van der Waals surface area contributed by atoms with Gasteiger partial charge in [-0.25, -0.2) is 4.39 Å². The zero-order valence-electron chi connectivity index (χ0n) is 11.6. The fraction of sp³-hybridized carbons (Fsp3) is 0.500. The zero-order valence-corrected chi connectivity index (χ0v) is 12.4. The van der Waals surface area contributed by atoms with E-state index in [2.05, 4.69) is 0 Å². The normalized spacial score (nSPS) is 10.3. The molecule has 3 nitrogen and oxygen atoms in total. The van der Waals surface area contributed by atoms with E-state index in [-0.39, 0.29) is 11.7 Å². The first-order valence-corrected chi connectivity index (χ1v) is 7.45. The third-order valence-corrected chi connectivity index (χ3v) is 3.81. The van der Waals surface area contributed by atoms with Crippen LogP contribution in [0.2, 0.25) is 0 Å². The van der Waals surface area contributed by atoms with E-state index < -0.39 is 0 Å². The molecular formula is C14H20FNO2S. The van der Waals surface area contributed by atoms with Crippen molar-refractivity contribution in [3.05, 3.63) is 29.6 Å². The van der Waals surface area contributed by atoms with Gasteiger partial charge in [0, 0.05) is 24.4 Å². The topological polar surface area (TPSA) is 29.5 Å². The number of halogens is 1. The Balaban J connectivity index is 2.53. The van der Waals surface area contributed by atoms with E-state index in [1.54, 1.807) is 18.1 Å². The first-order chi connectivity index (χ1) is 9.12. The Morgan fingerprint density at radius 2 is 2.05 bits per heavy atom. The minimum atomic E-state index is -0.286. The Bertz CT molecular complexity index is 422. The van der Waals surface area contributed by atoms with Crippen LogP contribution < -0.4 is 4.74 Å². The maximum Gasteiger partial charge on any atom is 0.232 e. The summed E-state index contributed by atoms with van der Waals surface area (Å²) in [7, 11) is 1.56. The summed E-state index contributed by atoms with van der Waals surface area (Å²) >= 11 is 1.47. The van der Waals surface area contributed by atoms with Crippen molar-refractivity contribution in [1.29, 1.82) is 0 Å². The largest absolute Gasteiger partial charge is 0.496 e. The number of carbonyl (C=O) groups is 1. The molecule has 1 rings (SSSR count). The smallest absolute Gasteiger partial charge is 0.232 e. The molecule has 0 bridgehead atoms. The van der Waals surface area contributed by atoms with Gasteiger partial charge < -0.3 is 9.64 Å². The lowest BCUT2D eigenvalue weighted by atomic mass is 10.2. The molecule has 0 atom stereocenters. The summed E-state index contributed by atoms with van der Waals surface area (Å²) < 4.78 is 18.3. The molecule has 0 aliphatic rings. The number of nitrogens with zero attached hydrogens (tertiary/aromatic N) is 1. The van der Waals surface area contributed by atoms with Crippen LogP contribution in [0.3, 0.4) is 0 Å². The number of benzene rings is 1. The number of hydrogen-bond donors (Lipinski definition) is 0. The number of methoxy groups -OCH3 is 1. The Morgan fingerprint density at radius 1 is 1.37 bits per heavy atom. The van der Waals surface area contributed by atoms with Gasteiger partial charge in [-0.2, -0.15) is 0 Å². The van der Waals surface area contributed by atoms with Crippen molar-refractivity contribution in [3.63, 3.8) is 0 Å². The van der Waals surface area contributed by atoms with Crippen molar-refractivity contribution < 1.29 is 13.9 Å². The van der Waals surface area contributed by atoms with Gasteiger partial charge in [0.2, 0.25) is 5.91 Å². The van der Waals surface area contributed by atoms with Gasteiger partial charge in [-0.05, 0) is 32.0 Å². The van der Waals surface area contributed by atoms with Crippen molar-refractivity contribution in [3.8, 4) is 5.75 Å². The van der Waals surface area contributed by atoms with Gasteiger partial charge in [0.25, 0.3) is 0 Å². The lowest BCUT2D eigenvalue weighted by Gasteiger charge is -2.18. The predicted octanol–water partition coefficient (Wildman–Crippen LogP) is 2.94. The van der Waals surface area contributed by atoms with E-state index in [1.165, 1.54) is 23.9 Å². The molecule has 0 radical (unpaired) electrons. The second kappa shape index (κ2) is 8.04. The maximum absolute atomic E-state index is 13.2. The first-order valence-electron chi connectivity index (χ1n) is 6.30. The van der Waals surface area contributed by atoms with Crippen molar-refractivity contribution in [2.45, 2.75) is 19.6 Å². The summed E-state index contributed by atoms with van der Waals surface area (Å²) in [4.78, 5) is 13.6. The molecule has 0 N–H and O–H groups in total. The van der Waals surface area contributed by atoms with Gasteiger partial charge in [0.15, 0.2) is 0 Å². The summed E-state index contributed by atoms with van der Waals surface area (Å²) in [6.07, 6.45) is 0. The Labute approximate surface area is 118 Å². The fourth-order valence-electron chi connectivity index (χ4n) is 1.78. The molecule has 106 valence electrons. The van der Waals surface area contributed by atoms with Crippen LogP contribution in [0.15, 0.2) is 18.2 Å². The van der Waals surface area contributed by atoms with E-state index in [0.29, 0.717) is 17.3 Å². The molecule has 0 fully saturated rings. The van der Waals surface area contributed by atoms with Crippen LogP contribution in [0.1, 0.15) is 19.4 Å². The second-order valence-corrected chi connectivity index (χ2v) is 5.00. The van der Waals surface area contributed by atoms with Gasteiger partial charge in [-0.15, -0.1) is 11.8 Å². The van der Waals surface area contributed by atoms with Crippen LogP contribution in [-0.2, 0) is 10.5 Å². The highest BCUT2D eigenvalue weighted by atomic mass is 32.2. The highest BCUT2D eigenvalue weighted by Gasteiger charge is 2.10. The molecule has 0 spiro atoms. The van der Waals surface area contributed by atoms with Gasteiger partial charge in [0.05, 0.1) is 12.9 Å². The van der Waals surface area contributed by atoms with Crippen molar-refractivity contribution >= 4 is 17.7 Å². The van der Waals surface area contributed by atoms with Crippen LogP contribution in [0.25, 0.3) is 0 Å². The summed E-state index contributed by atoms with van der Waals surface area (Å²) in [5.74, 6) is 1.45. The summed E-state index contributed by atoms with van der Waals surface area (Å²) in [5, 5.41) is 0. The maximum atomic E-state index is 13.2. The lowest BCUT2D eigenvalue weighted by molar-refractivity contribution is -0.127. The average Bonchev–Trinajstić information content (AvgIpc) is 2.40. The highest BCUT2D eigenvalue weighted by Crippen LogP contribution is 2.24. The number of carbonyl (C=O) groups excluding carboxylic acids is 1. The molecule has 0 saturated carbocycles. The monoisotopic (exact) mass is 285 g/mol. The molecule has 1 aromatic rings. The average molecular weight is 285 g/mol. The molecular weight excluding hydrogens is 265 g/mol. The number of thioether (sulfide) groups is 1. The SMILES string of the molecule is CCN(CC)C(=O)CSCc1cc(F)ccc1OC. The molecule has 19 heavy (non-hydrogen) atoms. The number of amides is 1. The molecule has 0 aromatic heterocycles. The van der Waals surface area contributed by atoms with E-state index in [1.807, 2.05) is 13.8 Å². The standard InChI is InChI=1S/C14H20FNO2S/c1-4-16(5-2)14(17)10-19-9-11-8-12(15)6-7-13(11)18-3/h6-8H,4-5,9-10H2,1-3H3. The molecule has 0 unspecified atom stereocenters. The number of ether oxygens (including phenoxy) is 1. The molecule has 0 aliphatic heterocycles. The van der Waals surface area contributed by atoms with Gasteiger partial charge in [0.1, 0.15) is 11.6 Å². The summed E-state index contributed by atoms with van der Waals surface area (Å²) in [6.45, 7) is 5.36. The predicted molar refractivity (Wildman–Crippen MR) is 77.0 cm³/mol. The minimum absolute atomic E-state index is 0.116. The zero-order chi connectivity index (χ0) is 14.3. The summed E-state index contributed by atoms with van der Waals surface area (Å²) in [5.41, 5.74) is 0.778. The quantitative estimate of drug-likeness (QED) is 0.771. The highest BCUT2D eigenvalue weighted by molar-refractivity contribution is 7.99. The fourth-order valence-corrected chi connectivity index (χ4v) is 2.68. The van der Waals surface area contributed by atoms with Gasteiger partial charge >= 0.3 is 0 Å². The third kappa shape index (κ3) is 4.74. The molecule has 0 saturated heterocycles. The Morgan fingerprint density at radius 3 is 2.63 bits per heavy atom. The van der Waals surface area contributed by atoms with Crippen molar-refractivity contribution in [2.75, 3.05) is 26.0 Å². The molecule has 1 aromatic carbocycles. The summed E-state index contributed by atoms with van der Waals surface area (Å²) in [6, 6.07) is 4.43. The number of rotatable bonds is 7. The van der Waals surface area contributed by atoms with E-state index >= 15 is 0 Å². The minimum Gasteiger partial charge on any atom is -0.496 e. The molecule has 1 amide bonds. The van der Waals surface area contributed by atoms with E-state index in [0.717, 1.165) is 18.7 Å². The first kappa shape index (κ1) is 15.8. The van der Waals surface area contributed by atoms with Crippen LogP contribution in [0.5, 0.6) is 5.75 Å². The lowest BCUT2D eigenvalue weighted by Crippen LogP contribution is -2.31. The third-order valence-electron chi connectivity index (χ3n) is 2.84. The van der Waals surface area contributed by atoms with Crippen molar-refractivity contribution in [1.82, 2.24) is 4.90 Å². The molecule has 0 aliphatic carbocycles. The Hall–Kier alpha value is -1.23. The van der Waals surface area contributed by atoms with E-state index in [4.69, 9.17) is 4.74 Å². The van der Waals surface area contributed by atoms with Crippen LogP contribution in [0.4, 0.5) is 4.39 Å². The second-order valence-electron chi connectivity index (χ2n) is 4.01. The van der Waals surface area contributed by atoms with Gasteiger partial charge in [-0.3, -0.25) is 4.79 Å². The number of hydrogen-bond acceptors (Lipinski definition) is 3. The van der Waals surface area contributed by atoms with Gasteiger partial charge in [-0.1, -0.05) is 0 Å². The molecule has 0 heterocycles.